The molecule has 32 heavy (non-hydrogen) atoms. The van der Waals surface area contributed by atoms with Crippen molar-refractivity contribution < 1.29 is 18.3 Å². The van der Waals surface area contributed by atoms with Crippen molar-refractivity contribution in [2.24, 2.45) is 5.92 Å². The average Bonchev–Trinajstić information content (AvgIpc) is 2.79. The van der Waals surface area contributed by atoms with Crippen LogP contribution in [0, 0.1) is 17.6 Å². The van der Waals surface area contributed by atoms with E-state index in [1.165, 1.54) is 24.3 Å². The lowest BCUT2D eigenvalue weighted by molar-refractivity contribution is -0.128. The first-order chi connectivity index (χ1) is 15.4. The van der Waals surface area contributed by atoms with Crippen LogP contribution in [0.1, 0.15) is 50.2 Å². The molecule has 1 heterocycles. The van der Waals surface area contributed by atoms with E-state index in [9.17, 15) is 13.6 Å². The van der Waals surface area contributed by atoms with Crippen LogP contribution >= 0.6 is 0 Å². The molecule has 6 heteroatoms. The predicted molar refractivity (Wildman–Crippen MR) is 123 cm³/mol. The Bertz CT molecular complexity index is 788. The third-order valence-electron chi connectivity index (χ3n) is 6.00. The van der Waals surface area contributed by atoms with E-state index in [1.54, 1.807) is 24.3 Å². The number of nitrogens with one attached hydrogen (secondary N) is 1. The fourth-order valence-electron chi connectivity index (χ4n) is 4.31. The minimum absolute atomic E-state index is 0.0128. The summed E-state index contributed by atoms with van der Waals surface area (Å²) >= 11 is 0. The van der Waals surface area contributed by atoms with E-state index in [4.69, 9.17) is 4.74 Å². The number of nitrogens with zero attached hydrogens (tertiary/aromatic N) is 1. The molecule has 4 nitrogen and oxygen atoms in total. The van der Waals surface area contributed by atoms with Gasteiger partial charge in [0.25, 0.3) is 0 Å². The summed E-state index contributed by atoms with van der Waals surface area (Å²) in [5.41, 5.74) is 1.96. The maximum absolute atomic E-state index is 13.4. The normalized spacial score (nSPS) is 15.8. The highest BCUT2D eigenvalue weighted by Gasteiger charge is 2.28. The number of rotatable bonds is 10. The molecule has 1 fully saturated rings. The van der Waals surface area contributed by atoms with Crippen LogP contribution in [0.15, 0.2) is 48.5 Å². The summed E-state index contributed by atoms with van der Waals surface area (Å²) in [5, 5.41) is 3.12. The molecule has 0 saturated carbocycles. The van der Waals surface area contributed by atoms with E-state index in [-0.39, 0.29) is 29.5 Å². The fourth-order valence-corrected chi connectivity index (χ4v) is 4.31. The molecule has 1 atom stereocenters. The maximum atomic E-state index is 13.4. The number of carbonyl (C=O) groups excluding carboxylic acids is 1. The molecule has 0 aliphatic carbocycles. The first-order valence-electron chi connectivity index (χ1n) is 11.5. The summed E-state index contributed by atoms with van der Waals surface area (Å²) < 4.78 is 32.3. The Morgan fingerprint density at radius 3 is 2.00 bits per heavy atom. The van der Waals surface area contributed by atoms with Crippen LogP contribution in [0.25, 0.3) is 0 Å². The smallest absolute Gasteiger partial charge is 0.237 e. The first-order valence-corrected chi connectivity index (χ1v) is 11.5. The van der Waals surface area contributed by atoms with Gasteiger partial charge in [0, 0.05) is 25.6 Å². The number of halogens is 2. The van der Waals surface area contributed by atoms with Gasteiger partial charge in [-0.05, 0) is 60.6 Å². The monoisotopic (exact) mass is 444 g/mol. The van der Waals surface area contributed by atoms with E-state index in [1.807, 2.05) is 0 Å². The molecule has 2 aromatic rings. The van der Waals surface area contributed by atoms with E-state index >= 15 is 0 Å². The molecule has 0 bridgehead atoms. The highest BCUT2D eigenvalue weighted by Crippen LogP contribution is 2.29. The summed E-state index contributed by atoms with van der Waals surface area (Å²) in [6.07, 6.45) is 2.35. The zero-order valence-electron chi connectivity index (χ0n) is 19.0. The van der Waals surface area contributed by atoms with E-state index in [0.717, 1.165) is 43.5 Å². The molecule has 1 N–H and O–H groups in total. The molecule has 0 aromatic heterocycles. The number of ether oxygens (including phenoxy) is 1. The third kappa shape index (κ3) is 7.10. The number of benzene rings is 2. The van der Waals surface area contributed by atoms with Crippen molar-refractivity contribution in [3.8, 4) is 0 Å². The molecule has 0 radical (unpaired) electrons. The third-order valence-corrected chi connectivity index (χ3v) is 6.00. The maximum Gasteiger partial charge on any atom is 0.237 e. The van der Waals surface area contributed by atoms with Crippen LogP contribution < -0.4 is 5.32 Å². The Balaban J connectivity index is 1.60. The lowest BCUT2D eigenvalue weighted by Gasteiger charge is -2.34. The second kappa shape index (κ2) is 12.1. The van der Waals surface area contributed by atoms with Crippen LogP contribution in [0.2, 0.25) is 0 Å². The van der Waals surface area contributed by atoms with Gasteiger partial charge in [-0.25, -0.2) is 8.78 Å². The summed E-state index contributed by atoms with van der Waals surface area (Å²) in [4.78, 5) is 15.2. The minimum Gasteiger partial charge on any atom is -0.379 e. The Morgan fingerprint density at radius 1 is 0.969 bits per heavy atom. The summed E-state index contributed by atoms with van der Waals surface area (Å²) in [7, 11) is 0. The lowest BCUT2D eigenvalue weighted by atomic mass is 9.87. The summed E-state index contributed by atoms with van der Waals surface area (Å²) in [5.74, 6) is -0.0502. The van der Waals surface area contributed by atoms with Crippen LogP contribution in [0.3, 0.4) is 0 Å². The van der Waals surface area contributed by atoms with Gasteiger partial charge in [0.05, 0.1) is 19.3 Å². The van der Waals surface area contributed by atoms with Gasteiger partial charge < -0.3 is 10.1 Å². The van der Waals surface area contributed by atoms with Crippen LogP contribution in [-0.2, 0) is 9.53 Å². The van der Waals surface area contributed by atoms with Crippen molar-refractivity contribution in [2.75, 3.05) is 32.8 Å². The van der Waals surface area contributed by atoms with Crippen molar-refractivity contribution in [3.63, 3.8) is 0 Å². The molecule has 3 rings (SSSR count). The van der Waals surface area contributed by atoms with Crippen molar-refractivity contribution >= 4 is 5.91 Å². The number of amides is 1. The Kier molecular flexibility index (Phi) is 9.18. The highest BCUT2D eigenvalue weighted by atomic mass is 19.1. The van der Waals surface area contributed by atoms with Crippen molar-refractivity contribution in [3.05, 3.63) is 71.3 Å². The van der Waals surface area contributed by atoms with Gasteiger partial charge in [0.1, 0.15) is 11.6 Å². The van der Waals surface area contributed by atoms with Crippen molar-refractivity contribution in [1.82, 2.24) is 10.2 Å². The Labute approximate surface area is 190 Å². The van der Waals surface area contributed by atoms with Gasteiger partial charge in [0.2, 0.25) is 5.91 Å². The predicted octanol–water partition coefficient (Wildman–Crippen LogP) is 4.74. The molecule has 0 spiro atoms. The highest BCUT2D eigenvalue weighted by molar-refractivity contribution is 5.81. The topological polar surface area (TPSA) is 41.6 Å². The van der Waals surface area contributed by atoms with Gasteiger partial charge in [-0.15, -0.1) is 0 Å². The number of hydrogen-bond acceptors (Lipinski definition) is 3. The second-order valence-electron chi connectivity index (χ2n) is 8.88. The SMILES string of the molecule is CC(C)C[C@@H](C(=O)NCCCC(c1ccc(F)cc1)c1ccc(F)cc1)N1CCOCC1. The van der Waals surface area contributed by atoms with Gasteiger partial charge in [-0.2, -0.15) is 0 Å². The Hall–Kier alpha value is -2.31. The number of morpholine rings is 1. The van der Waals surface area contributed by atoms with Gasteiger partial charge >= 0.3 is 0 Å². The summed E-state index contributed by atoms with van der Waals surface area (Å²) in [6.45, 7) is 7.73. The zero-order valence-corrected chi connectivity index (χ0v) is 19.0. The first kappa shape index (κ1) is 24.3. The van der Waals surface area contributed by atoms with Gasteiger partial charge in [-0.1, -0.05) is 38.1 Å². The zero-order chi connectivity index (χ0) is 22.9. The molecule has 1 amide bonds. The summed E-state index contributed by atoms with van der Waals surface area (Å²) in [6, 6.07) is 12.8. The van der Waals surface area contributed by atoms with E-state index in [0.29, 0.717) is 25.7 Å². The largest absolute Gasteiger partial charge is 0.379 e. The molecular weight excluding hydrogens is 410 g/mol. The van der Waals surface area contributed by atoms with Gasteiger partial charge in [0.15, 0.2) is 0 Å². The van der Waals surface area contributed by atoms with E-state index in [2.05, 4.69) is 24.1 Å². The lowest BCUT2D eigenvalue weighted by Crippen LogP contribution is -2.51. The van der Waals surface area contributed by atoms with Gasteiger partial charge in [-0.3, -0.25) is 9.69 Å². The fraction of sp³-hybridized carbons (Fsp3) is 0.500. The van der Waals surface area contributed by atoms with Crippen LogP contribution in [0.4, 0.5) is 8.78 Å². The van der Waals surface area contributed by atoms with E-state index < -0.39 is 0 Å². The molecule has 1 aliphatic rings. The van der Waals surface area contributed by atoms with Crippen molar-refractivity contribution in [2.45, 2.75) is 45.1 Å². The molecule has 1 saturated heterocycles. The molecule has 2 aromatic carbocycles. The molecule has 1 aliphatic heterocycles. The number of carbonyl (C=O) groups is 1. The van der Waals surface area contributed by atoms with Crippen LogP contribution in [-0.4, -0.2) is 49.7 Å². The second-order valence-corrected chi connectivity index (χ2v) is 8.88. The quantitative estimate of drug-likeness (QED) is 0.538. The molecule has 174 valence electrons. The number of hydrogen-bond donors (Lipinski definition) is 1. The van der Waals surface area contributed by atoms with Crippen LogP contribution in [0.5, 0.6) is 0 Å². The standard InChI is InChI=1S/C26H34F2N2O2/c1-19(2)18-25(30-14-16-32-17-15-30)26(31)29-13-3-4-24(20-5-9-22(27)10-6-20)21-7-11-23(28)12-8-21/h5-12,19,24-25H,3-4,13-18H2,1-2H3,(H,29,31)/t25-/m0/s1. The average molecular weight is 445 g/mol. The molecular formula is C26H34F2N2O2. The minimum atomic E-state index is -0.279. The molecule has 0 unspecified atom stereocenters. The van der Waals surface area contributed by atoms with Crippen molar-refractivity contribution in [1.29, 1.82) is 0 Å². The Morgan fingerprint density at radius 2 is 1.50 bits per heavy atom.